The molecule has 1 N–H and O–H groups in total. The Hall–Kier alpha value is -1.02. The predicted molar refractivity (Wildman–Crippen MR) is 50.8 cm³/mol. The summed E-state index contributed by atoms with van der Waals surface area (Å²) in [4.78, 5) is 0. The maximum Gasteiger partial charge on any atom is 0.121 e. The van der Waals surface area contributed by atoms with Crippen molar-refractivity contribution in [2.24, 2.45) is 0 Å². The van der Waals surface area contributed by atoms with E-state index in [-0.39, 0.29) is 12.2 Å². The van der Waals surface area contributed by atoms with E-state index in [9.17, 15) is 5.11 Å². The van der Waals surface area contributed by atoms with E-state index in [1.807, 2.05) is 13.0 Å². The minimum absolute atomic E-state index is 0.0138. The van der Waals surface area contributed by atoms with Crippen molar-refractivity contribution in [3.05, 3.63) is 29.3 Å². The number of aromatic hydroxyl groups is 1. The largest absolute Gasteiger partial charge is 0.508 e. The van der Waals surface area contributed by atoms with Crippen LogP contribution in [0.15, 0.2) is 18.2 Å². The molecule has 0 spiro atoms. The molecule has 0 amide bonds. The summed E-state index contributed by atoms with van der Waals surface area (Å²) in [5, 5.41) is 9.63. The number of benzene rings is 1. The second kappa shape index (κ2) is 3.04. The van der Waals surface area contributed by atoms with Crippen molar-refractivity contribution >= 4 is 0 Å². The molecule has 0 aliphatic carbocycles. The lowest BCUT2D eigenvalue weighted by Crippen LogP contribution is -2.21. The molecule has 13 heavy (non-hydrogen) atoms. The number of phenols is 1. The third-order valence-corrected chi connectivity index (χ3v) is 2.52. The predicted octanol–water partition coefficient (Wildman–Crippen LogP) is 2.41. The molecule has 1 aromatic carbocycles. The third kappa shape index (κ3) is 1.42. The van der Waals surface area contributed by atoms with Gasteiger partial charge in [-0.3, -0.25) is 0 Å². The first-order chi connectivity index (χ1) is 6.18. The standard InChI is InChI=1S/C11H14O2/c1-7-6-9-4-3-5-10(12)11(9)8(2)13-7/h3-5,7-8,12H,6H2,1-2H3/t7-,8+/m0/s1. The Morgan fingerprint density at radius 2 is 2.15 bits per heavy atom. The van der Waals surface area contributed by atoms with Crippen LogP contribution in [0, 0.1) is 0 Å². The summed E-state index contributed by atoms with van der Waals surface area (Å²) in [5.41, 5.74) is 2.17. The highest BCUT2D eigenvalue weighted by molar-refractivity contribution is 5.42. The lowest BCUT2D eigenvalue weighted by Gasteiger charge is -2.28. The van der Waals surface area contributed by atoms with E-state index in [1.54, 1.807) is 6.07 Å². The molecule has 70 valence electrons. The van der Waals surface area contributed by atoms with Gasteiger partial charge in [-0.1, -0.05) is 12.1 Å². The highest BCUT2D eigenvalue weighted by Crippen LogP contribution is 2.35. The molecule has 0 aromatic heterocycles. The monoisotopic (exact) mass is 178 g/mol. The zero-order valence-electron chi connectivity index (χ0n) is 7.95. The van der Waals surface area contributed by atoms with Crippen LogP contribution in [0.4, 0.5) is 0 Å². The Morgan fingerprint density at radius 3 is 2.92 bits per heavy atom. The maximum absolute atomic E-state index is 9.63. The van der Waals surface area contributed by atoms with Crippen LogP contribution >= 0.6 is 0 Å². The molecule has 0 saturated carbocycles. The minimum Gasteiger partial charge on any atom is -0.508 e. The maximum atomic E-state index is 9.63. The average molecular weight is 178 g/mol. The van der Waals surface area contributed by atoms with Gasteiger partial charge in [0, 0.05) is 5.56 Å². The first-order valence-electron chi connectivity index (χ1n) is 4.64. The van der Waals surface area contributed by atoms with Crippen LogP contribution in [0.5, 0.6) is 5.75 Å². The van der Waals surface area contributed by atoms with Gasteiger partial charge in [-0.05, 0) is 31.9 Å². The SMILES string of the molecule is C[C@H]1Cc2cccc(O)c2[C@@H](C)O1. The van der Waals surface area contributed by atoms with E-state index in [2.05, 4.69) is 13.0 Å². The van der Waals surface area contributed by atoms with Gasteiger partial charge in [0.15, 0.2) is 0 Å². The van der Waals surface area contributed by atoms with Gasteiger partial charge >= 0.3 is 0 Å². The van der Waals surface area contributed by atoms with Crippen molar-refractivity contribution in [1.82, 2.24) is 0 Å². The summed E-state index contributed by atoms with van der Waals surface area (Å²) in [6, 6.07) is 5.66. The van der Waals surface area contributed by atoms with E-state index in [0.717, 1.165) is 12.0 Å². The van der Waals surface area contributed by atoms with Crippen LogP contribution in [0.25, 0.3) is 0 Å². The van der Waals surface area contributed by atoms with E-state index in [4.69, 9.17) is 4.74 Å². The van der Waals surface area contributed by atoms with Crippen molar-refractivity contribution < 1.29 is 9.84 Å². The van der Waals surface area contributed by atoms with Crippen LogP contribution in [0.1, 0.15) is 31.1 Å². The topological polar surface area (TPSA) is 29.5 Å². The smallest absolute Gasteiger partial charge is 0.121 e. The summed E-state index contributed by atoms with van der Waals surface area (Å²) < 4.78 is 5.63. The van der Waals surface area contributed by atoms with Gasteiger partial charge in [0.1, 0.15) is 5.75 Å². The fraction of sp³-hybridized carbons (Fsp3) is 0.455. The van der Waals surface area contributed by atoms with Crippen LogP contribution in [-0.2, 0) is 11.2 Å². The molecular weight excluding hydrogens is 164 g/mol. The second-order valence-electron chi connectivity index (χ2n) is 3.64. The highest BCUT2D eigenvalue weighted by atomic mass is 16.5. The van der Waals surface area contributed by atoms with Gasteiger partial charge in [-0.25, -0.2) is 0 Å². The zero-order chi connectivity index (χ0) is 9.42. The lowest BCUT2D eigenvalue weighted by molar-refractivity contribution is -0.00599. The van der Waals surface area contributed by atoms with E-state index in [0.29, 0.717) is 5.75 Å². The van der Waals surface area contributed by atoms with E-state index >= 15 is 0 Å². The number of hydrogen-bond donors (Lipinski definition) is 1. The molecule has 0 radical (unpaired) electrons. The van der Waals surface area contributed by atoms with Gasteiger partial charge in [-0.2, -0.15) is 0 Å². The fourth-order valence-electron chi connectivity index (χ4n) is 2.02. The van der Waals surface area contributed by atoms with Crippen molar-refractivity contribution in [1.29, 1.82) is 0 Å². The molecule has 2 rings (SSSR count). The third-order valence-electron chi connectivity index (χ3n) is 2.52. The molecular formula is C11H14O2. The van der Waals surface area contributed by atoms with Crippen LogP contribution in [0.2, 0.25) is 0 Å². The molecule has 2 nitrogen and oxygen atoms in total. The Morgan fingerprint density at radius 1 is 1.38 bits per heavy atom. The van der Waals surface area contributed by atoms with Crippen LogP contribution < -0.4 is 0 Å². The highest BCUT2D eigenvalue weighted by Gasteiger charge is 2.23. The molecule has 0 fully saturated rings. The van der Waals surface area contributed by atoms with Gasteiger partial charge in [0.05, 0.1) is 12.2 Å². The number of ether oxygens (including phenoxy) is 1. The first-order valence-corrected chi connectivity index (χ1v) is 4.64. The van der Waals surface area contributed by atoms with Crippen molar-refractivity contribution in [3.8, 4) is 5.75 Å². The summed E-state index contributed by atoms with van der Waals surface area (Å²) in [6.07, 6.45) is 1.16. The Labute approximate surface area is 78.2 Å². The minimum atomic E-state index is 0.0138. The molecule has 0 saturated heterocycles. The summed E-state index contributed by atoms with van der Waals surface area (Å²) in [6.45, 7) is 4.04. The Kier molecular flexibility index (Phi) is 2.00. The van der Waals surface area contributed by atoms with Crippen molar-refractivity contribution in [2.45, 2.75) is 32.5 Å². The van der Waals surface area contributed by atoms with Crippen molar-refractivity contribution in [2.75, 3.05) is 0 Å². The van der Waals surface area contributed by atoms with E-state index in [1.165, 1.54) is 5.56 Å². The molecule has 1 aliphatic heterocycles. The quantitative estimate of drug-likeness (QED) is 0.661. The lowest BCUT2D eigenvalue weighted by atomic mass is 9.94. The zero-order valence-corrected chi connectivity index (χ0v) is 7.95. The van der Waals surface area contributed by atoms with Gasteiger partial charge < -0.3 is 9.84 Å². The fourth-order valence-corrected chi connectivity index (χ4v) is 2.02. The van der Waals surface area contributed by atoms with Crippen molar-refractivity contribution in [3.63, 3.8) is 0 Å². The molecule has 1 heterocycles. The Bertz CT molecular complexity index is 320. The first kappa shape index (κ1) is 8.57. The second-order valence-corrected chi connectivity index (χ2v) is 3.64. The number of rotatable bonds is 0. The normalized spacial score (nSPS) is 26.9. The van der Waals surface area contributed by atoms with E-state index < -0.39 is 0 Å². The molecule has 0 unspecified atom stereocenters. The molecule has 1 aliphatic rings. The molecule has 0 bridgehead atoms. The Balaban J connectivity index is 2.49. The average Bonchev–Trinajstić information content (AvgIpc) is 2.02. The summed E-state index contributed by atoms with van der Waals surface area (Å²) >= 11 is 0. The van der Waals surface area contributed by atoms with Crippen LogP contribution in [-0.4, -0.2) is 11.2 Å². The van der Waals surface area contributed by atoms with Gasteiger partial charge in [-0.15, -0.1) is 0 Å². The summed E-state index contributed by atoms with van der Waals surface area (Å²) in [7, 11) is 0. The van der Waals surface area contributed by atoms with Gasteiger partial charge in [0.2, 0.25) is 0 Å². The van der Waals surface area contributed by atoms with Crippen LogP contribution in [0.3, 0.4) is 0 Å². The van der Waals surface area contributed by atoms with Gasteiger partial charge in [0.25, 0.3) is 0 Å². The number of hydrogen-bond acceptors (Lipinski definition) is 2. The number of phenolic OH excluding ortho intramolecular Hbond substituents is 1. The molecule has 2 heteroatoms. The molecule has 1 aromatic rings. The summed E-state index contributed by atoms with van der Waals surface area (Å²) in [5.74, 6) is 0.358. The molecule has 2 atom stereocenters. The number of fused-ring (bicyclic) bond motifs is 1.